The summed E-state index contributed by atoms with van der Waals surface area (Å²) in [4.78, 5) is 12.7. The Balaban J connectivity index is 1.77. The van der Waals surface area contributed by atoms with Gasteiger partial charge in [-0.1, -0.05) is 17.7 Å². The molecule has 4 N–H and O–H groups in total. The molecule has 0 aliphatic carbocycles. The lowest BCUT2D eigenvalue weighted by molar-refractivity contribution is -0.119. The molecule has 144 valence electrons. The number of nitrogens with one attached hydrogen (secondary N) is 4. The topological polar surface area (TPSA) is 99.3 Å². The van der Waals surface area contributed by atoms with Crippen molar-refractivity contribution in [3.63, 3.8) is 0 Å². The third-order valence-corrected chi connectivity index (χ3v) is 5.98. The molecular weight excluding hydrogens is 371 g/mol. The number of carbonyl (C=O) groups excluding carboxylic acids is 1. The minimum Gasteiger partial charge on any atom is -0.326 e. The SMILES string of the molecule is Cc1ccc(NS(=O)(=O)C2NNC(C)C2C(=O)Nc2ccc(F)cc2)cc1. The summed E-state index contributed by atoms with van der Waals surface area (Å²) in [6.45, 7) is 3.61. The number of anilines is 2. The van der Waals surface area contributed by atoms with Crippen molar-refractivity contribution in [2.24, 2.45) is 5.92 Å². The first-order valence-corrected chi connectivity index (χ1v) is 9.97. The molecule has 9 heteroatoms. The van der Waals surface area contributed by atoms with Crippen LogP contribution in [0.25, 0.3) is 0 Å². The van der Waals surface area contributed by atoms with Gasteiger partial charge < -0.3 is 5.32 Å². The van der Waals surface area contributed by atoms with E-state index in [0.29, 0.717) is 11.4 Å². The molecule has 0 radical (unpaired) electrons. The minimum atomic E-state index is -3.90. The Kier molecular flexibility index (Phi) is 5.45. The van der Waals surface area contributed by atoms with E-state index in [2.05, 4.69) is 20.9 Å². The molecule has 1 heterocycles. The maximum Gasteiger partial charge on any atom is 0.250 e. The Hall–Kier alpha value is -2.49. The number of hydrogen-bond acceptors (Lipinski definition) is 5. The van der Waals surface area contributed by atoms with Crippen molar-refractivity contribution in [2.45, 2.75) is 25.3 Å². The van der Waals surface area contributed by atoms with Crippen molar-refractivity contribution in [3.05, 3.63) is 59.9 Å². The Bertz CT molecular complexity index is 917. The van der Waals surface area contributed by atoms with Crippen molar-refractivity contribution in [1.29, 1.82) is 0 Å². The molecule has 3 rings (SSSR count). The second kappa shape index (κ2) is 7.63. The van der Waals surface area contributed by atoms with Gasteiger partial charge in [0.2, 0.25) is 5.91 Å². The standard InChI is InChI=1S/C18H21FN4O3S/c1-11-3-7-15(8-4-11)23-27(25,26)18-16(12(2)21-22-18)17(24)20-14-9-5-13(19)6-10-14/h3-10,12,16,18,21-23H,1-2H3,(H,20,24). The van der Waals surface area contributed by atoms with Crippen LogP contribution in [-0.4, -0.2) is 25.7 Å². The van der Waals surface area contributed by atoms with Crippen LogP contribution < -0.4 is 20.9 Å². The maximum absolute atomic E-state index is 13.0. The first-order valence-electron chi connectivity index (χ1n) is 8.42. The first-order chi connectivity index (χ1) is 12.8. The van der Waals surface area contributed by atoms with Gasteiger partial charge in [0.25, 0.3) is 10.0 Å². The van der Waals surface area contributed by atoms with Gasteiger partial charge in [-0.3, -0.25) is 14.9 Å². The number of benzene rings is 2. The fraction of sp³-hybridized carbons (Fsp3) is 0.278. The Morgan fingerprint density at radius 3 is 2.22 bits per heavy atom. The van der Waals surface area contributed by atoms with Crippen LogP contribution in [0.1, 0.15) is 12.5 Å². The summed E-state index contributed by atoms with van der Waals surface area (Å²) in [5.74, 6) is -1.79. The predicted octanol–water partition coefficient (Wildman–Crippen LogP) is 1.95. The molecule has 2 aromatic carbocycles. The smallest absolute Gasteiger partial charge is 0.250 e. The summed E-state index contributed by atoms with van der Waals surface area (Å²) in [6.07, 6.45) is 0. The third kappa shape index (κ3) is 4.44. The van der Waals surface area contributed by atoms with Gasteiger partial charge in [-0.05, 0) is 50.2 Å². The van der Waals surface area contributed by atoms with Crippen LogP contribution >= 0.6 is 0 Å². The summed E-state index contributed by atoms with van der Waals surface area (Å²) in [5, 5.41) is 1.47. The Morgan fingerprint density at radius 2 is 1.59 bits per heavy atom. The van der Waals surface area contributed by atoms with E-state index in [1.165, 1.54) is 24.3 Å². The molecule has 1 saturated heterocycles. The van der Waals surface area contributed by atoms with E-state index in [9.17, 15) is 17.6 Å². The highest BCUT2D eigenvalue weighted by Crippen LogP contribution is 2.24. The van der Waals surface area contributed by atoms with Gasteiger partial charge in [-0.2, -0.15) is 0 Å². The zero-order valence-electron chi connectivity index (χ0n) is 14.9. The van der Waals surface area contributed by atoms with Crippen LogP contribution in [0.3, 0.4) is 0 Å². The first kappa shape index (κ1) is 19.3. The highest BCUT2D eigenvalue weighted by molar-refractivity contribution is 7.93. The van der Waals surface area contributed by atoms with Gasteiger partial charge >= 0.3 is 0 Å². The maximum atomic E-state index is 13.0. The second-order valence-corrected chi connectivity index (χ2v) is 8.33. The van der Waals surface area contributed by atoms with Crippen LogP contribution in [-0.2, 0) is 14.8 Å². The van der Waals surface area contributed by atoms with E-state index >= 15 is 0 Å². The molecule has 0 aromatic heterocycles. The van der Waals surface area contributed by atoms with Crippen LogP contribution in [0.5, 0.6) is 0 Å². The summed E-state index contributed by atoms with van der Waals surface area (Å²) in [7, 11) is -3.90. The molecule has 0 saturated carbocycles. The number of hydrazine groups is 1. The lowest BCUT2D eigenvalue weighted by atomic mass is 10.0. The van der Waals surface area contributed by atoms with Crippen LogP contribution in [0.4, 0.5) is 15.8 Å². The van der Waals surface area contributed by atoms with Gasteiger partial charge in [0.05, 0.1) is 5.92 Å². The molecule has 0 bridgehead atoms. The van der Waals surface area contributed by atoms with Gasteiger partial charge in [-0.25, -0.2) is 18.2 Å². The Morgan fingerprint density at radius 1 is 1.00 bits per heavy atom. The monoisotopic (exact) mass is 392 g/mol. The molecule has 1 amide bonds. The lowest BCUT2D eigenvalue weighted by Gasteiger charge is -2.21. The summed E-state index contributed by atoms with van der Waals surface area (Å²) in [5.41, 5.74) is 7.30. The number of sulfonamides is 1. The van der Waals surface area contributed by atoms with Crippen LogP contribution in [0.15, 0.2) is 48.5 Å². The van der Waals surface area contributed by atoms with Gasteiger partial charge in [-0.15, -0.1) is 0 Å². The fourth-order valence-electron chi connectivity index (χ4n) is 2.90. The van der Waals surface area contributed by atoms with E-state index in [0.717, 1.165) is 5.56 Å². The minimum absolute atomic E-state index is 0.392. The van der Waals surface area contributed by atoms with Crippen molar-refractivity contribution in [1.82, 2.24) is 10.9 Å². The summed E-state index contributed by atoms with van der Waals surface area (Å²) in [6, 6.07) is 11.8. The van der Waals surface area contributed by atoms with Gasteiger partial charge in [0.15, 0.2) is 5.37 Å². The van der Waals surface area contributed by atoms with Gasteiger partial charge in [0, 0.05) is 17.4 Å². The number of rotatable bonds is 5. The molecule has 1 aliphatic rings. The molecule has 1 fully saturated rings. The number of halogens is 1. The third-order valence-electron chi connectivity index (χ3n) is 4.38. The fourth-order valence-corrected chi connectivity index (χ4v) is 4.46. The zero-order chi connectivity index (χ0) is 19.6. The molecule has 27 heavy (non-hydrogen) atoms. The second-order valence-electron chi connectivity index (χ2n) is 6.53. The average molecular weight is 392 g/mol. The number of carbonyl (C=O) groups is 1. The van der Waals surface area contributed by atoms with E-state index in [4.69, 9.17) is 0 Å². The van der Waals surface area contributed by atoms with Crippen molar-refractivity contribution in [2.75, 3.05) is 10.0 Å². The number of aryl methyl sites for hydroxylation is 1. The normalized spacial score (nSPS) is 22.4. The molecule has 1 aliphatic heterocycles. The van der Waals surface area contributed by atoms with E-state index in [1.807, 2.05) is 6.92 Å². The predicted molar refractivity (Wildman–Crippen MR) is 102 cm³/mol. The number of amides is 1. The van der Waals surface area contributed by atoms with E-state index in [-0.39, 0.29) is 0 Å². The molecule has 0 spiro atoms. The summed E-state index contributed by atoms with van der Waals surface area (Å²) < 4.78 is 41.1. The largest absolute Gasteiger partial charge is 0.326 e. The Labute approximate surface area is 157 Å². The van der Waals surface area contributed by atoms with Gasteiger partial charge in [0.1, 0.15) is 5.82 Å². The quantitative estimate of drug-likeness (QED) is 0.623. The van der Waals surface area contributed by atoms with E-state index in [1.54, 1.807) is 31.2 Å². The van der Waals surface area contributed by atoms with E-state index < -0.39 is 39.1 Å². The van der Waals surface area contributed by atoms with Crippen LogP contribution in [0, 0.1) is 18.7 Å². The highest BCUT2D eigenvalue weighted by atomic mass is 32.2. The average Bonchev–Trinajstić information content (AvgIpc) is 3.01. The molecule has 3 unspecified atom stereocenters. The van der Waals surface area contributed by atoms with Crippen molar-refractivity contribution in [3.8, 4) is 0 Å². The number of hydrogen-bond donors (Lipinski definition) is 4. The van der Waals surface area contributed by atoms with Crippen molar-refractivity contribution < 1.29 is 17.6 Å². The van der Waals surface area contributed by atoms with Crippen molar-refractivity contribution >= 4 is 27.3 Å². The molecule has 3 atom stereocenters. The lowest BCUT2D eigenvalue weighted by Crippen LogP contribution is -2.45. The highest BCUT2D eigenvalue weighted by Gasteiger charge is 2.46. The summed E-state index contributed by atoms with van der Waals surface area (Å²) >= 11 is 0. The van der Waals surface area contributed by atoms with Crippen LogP contribution in [0.2, 0.25) is 0 Å². The molecular formula is C18H21FN4O3S. The zero-order valence-corrected chi connectivity index (χ0v) is 15.7. The molecule has 2 aromatic rings. The molecule has 7 nitrogen and oxygen atoms in total.